The summed E-state index contributed by atoms with van der Waals surface area (Å²) in [6.45, 7) is 4.63. The number of nitrogens with zero attached hydrogens (tertiary/aromatic N) is 1. The molecule has 4 nitrogen and oxygen atoms in total. The van der Waals surface area contributed by atoms with Crippen LogP contribution in [0.15, 0.2) is 16.6 Å². The van der Waals surface area contributed by atoms with Crippen molar-refractivity contribution >= 4 is 15.9 Å². The Kier molecular flexibility index (Phi) is 4.72. The molecule has 0 spiro atoms. The van der Waals surface area contributed by atoms with Crippen molar-refractivity contribution in [3.63, 3.8) is 0 Å². The van der Waals surface area contributed by atoms with E-state index < -0.39 is 0 Å². The average Bonchev–Trinajstić information content (AvgIpc) is 2.53. The van der Waals surface area contributed by atoms with E-state index in [4.69, 9.17) is 9.47 Å². The van der Waals surface area contributed by atoms with Crippen LogP contribution in [0.2, 0.25) is 0 Å². The highest BCUT2D eigenvalue weighted by Gasteiger charge is 2.33. The van der Waals surface area contributed by atoms with Crippen LogP contribution < -0.4 is 14.8 Å². The Labute approximate surface area is 134 Å². The monoisotopic (exact) mass is 354 g/mol. The normalized spacial score (nSPS) is 27.7. The SMILES string of the molecule is COc1cc(CNC2CN3CCC2CC3)cc(Br)c1OC. The number of nitrogens with one attached hydrogen (secondary N) is 1. The topological polar surface area (TPSA) is 33.7 Å². The Bertz CT molecular complexity index is 501. The Morgan fingerprint density at radius 3 is 2.57 bits per heavy atom. The molecular weight excluding hydrogens is 332 g/mol. The van der Waals surface area contributed by atoms with Crippen molar-refractivity contribution in [1.29, 1.82) is 0 Å². The first-order valence-electron chi connectivity index (χ1n) is 7.57. The first kappa shape index (κ1) is 15.1. The number of benzene rings is 1. The van der Waals surface area contributed by atoms with Crippen LogP contribution in [0.1, 0.15) is 18.4 Å². The van der Waals surface area contributed by atoms with Crippen LogP contribution in [0, 0.1) is 5.92 Å². The van der Waals surface area contributed by atoms with Gasteiger partial charge in [-0.25, -0.2) is 0 Å². The van der Waals surface area contributed by atoms with E-state index in [0.29, 0.717) is 6.04 Å². The van der Waals surface area contributed by atoms with Gasteiger partial charge in [-0.15, -0.1) is 0 Å². The van der Waals surface area contributed by atoms with E-state index in [-0.39, 0.29) is 0 Å². The van der Waals surface area contributed by atoms with Crippen molar-refractivity contribution in [3.8, 4) is 11.5 Å². The lowest BCUT2D eigenvalue weighted by atomic mass is 9.84. The standard InChI is InChI=1S/C16H23BrN2O2/c1-20-15-8-11(7-13(17)16(15)21-2)9-18-14-10-19-5-3-12(14)4-6-19/h7-8,12,14,18H,3-6,9-10H2,1-2H3. The second-order valence-corrected chi connectivity index (χ2v) is 6.79. The smallest absolute Gasteiger partial charge is 0.174 e. The van der Waals surface area contributed by atoms with E-state index >= 15 is 0 Å². The van der Waals surface area contributed by atoms with Crippen LogP contribution in [-0.2, 0) is 6.54 Å². The molecule has 0 saturated carbocycles. The van der Waals surface area contributed by atoms with E-state index in [1.165, 1.54) is 38.0 Å². The van der Waals surface area contributed by atoms with Gasteiger partial charge in [-0.2, -0.15) is 0 Å². The molecule has 1 aromatic rings. The van der Waals surface area contributed by atoms with Crippen molar-refractivity contribution in [2.24, 2.45) is 5.92 Å². The molecule has 3 fully saturated rings. The molecule has 3 heterocycles. The predicted molar refractivity (Wildman–Crippen MR) is 87.0 cm³/mol. The van der Waals surface area contributed by atoms with E-state index in [2.05, 4.69) is 38.3 Å². The summed E-state index contributed by atoms with van der Waals surface area (Å²) >= 11 is 3.56. The van der Waals surface area contributed by atoms with Gasteiger partial charge in [0.05, 0.1) is 18.7 Å². The van der Waals surface area contributed by atoms with Gasteiger partial charge in [-0.3, -0.25) is 0 Å². The van der Waals surface area contributed by atoms with E-state index in [1.54, 1.807) is 14.2 Å². The Balaban J connectivity index is 1.66. The molecule has 1 N–H and O–H groups in total. The first-order valence-corrected chi connectivity index (χ1v) is 8.36. The summed E-state index contributed by atoms with van der Waals surface area (Å²) in [5.41, 5.74) is 1.22. The highest BCUT2D eigenvalue weighted by molar-refractivity contribution is 9.10. The van der Waals surface area contributed by atoms with Gasteiger partial charge in [0.1, 0.15) is 0 Å². The first-order chi connectivity index (χ1) is 10.2. The molecule has 2 bridgehead atoms. The number of methoxy groups -OCH3 is 2. The van der Waals surface area contributed by atoms with Crippen LogP contribution in [0.5, 0.6) is 11.5 Å². The summed E-state index contributed by atoms with van der Waals surface area (Å²) in [6.07, 6.45) is 2.68. The van der Waals surface area contributed by atoms with Gasteiger partial charge in [0.15, 0.2) is 11.5 Å². The van der Waals surface area contributed by atoms with Gasteiger partial charge >= 0.3 is 0 Å². The third kappa shape index (κ3) is 3.20. The third-order valence-electron chi connectivity index (χ3n) is 4.72. The van der Waals surface area contributed by atoms with E-state index in [0.717, 1.165) is 28.4 Å². The fourth-order valence-electron chi connectivity index (χ4n) is 3.52. The molecule has 4 rings (SSSR count). The molecular formula is C16H23BrN2O2. The molecule has 3 aliphatic heterocycles. The highest BCUT2D eigenvalue weighted by Crippen LogP contribution is 2.36. The molecule has 0 radical (unpaired) electrons. The summed E-state index contributed by atoms with van der Waals surface area (Å²) in [5.74, 6) is 2.38. The minimum Gasteiger partial charge on any atom is -0.493 e. The minimum atomic E-state index is 0.624. The van der Waals surface area contributed by atoms with E-state index in [1.807, 2.05) is 0 Å². The van der Waals surface area contributed by atoms with Gasteiger partial charge < -0.3 is 19.7 Å². The van der Waals surface area contributed by atoms with Gasteiger partial charge in [-0.05, 0) is 65.5 Å². The number of hydrogen-bond donors (Lipinski definition) is 1. The van der Waals surface area contributed by atoms with Crippen LogP contribution in [0.3, 0.4) is 0 Å². The molecule has 5 heteroatoms. The maximum Gasteiger partial charge on any atom is 0.174 e. The average molecular weight is 355 g/mol. The molecule has 1 unspecified atom stereocenters. The van der Waals surface area contributed by atoms with Gasteiger partial charge in [0.2, 0.25) is 0 Å². The molecule has 1 atom stereocenters. The van der Waals surface area contributed by atoms with Crippen molar-refractivity contribution in [1.82, 2.24) is 10.2 Å². The number of rotatable bonds is 5. The molecule has 21 heavy (non-hydrogen) atoms. The molecule has 1 aromatic carbocycles. The Hall–Kier alpha value is -0.780. The fourth-order valence-corrected chi connectivity index (χ4v) is 4.17. The maximum absolute atomic E-state index is 5.41. The molecule has 3 saturated heterocycles. The highest BCUT2D eigenvalue weighted by atomic mass is 79.9. The third-order valence-corrected chi connectivity index (χ3v) is 5.31. The minimum absolute atomic E-state index is 0.624. The van der Waals surface area contributed by atoms with Crippen molar-refractivity contribution < 1.29 is 9.47 Å². The lowest BCUT2D eigenvalue weighted by Crippen LogP contribution is -2.55. The molecule has 3 aliphatic rings. The zero-order chi connectivity index (χ0) is 14.8. The lowest BCUT2D eigenvalue weighted by molar-refractivity contribution is 0.0720. The largest absolute Gasteiger partial charge is 0.493 e. The lowest BCUT2D eigenvalue weighted by Gasteiger charge is -2.45. The van der Waals surface area contributed by atoms with Crippen molar-refractivity contribution in [2.45, 2.75) is 25.4 Å². The zero-order valence-electron chi connectivity index (χ0n) is 12.7. The van der Waals surface area contributed by atoms with Gasteiger partial charge in [0, 0.05) is 19.1 Å². The summed E-state index contributed by atoms with van der Waals surface area (Å²) < 4.78 is 11.7. The van der Waals surface area contributed by atoms with Crippen LogP contribution >= 0.6 is 15.9 Å². The van der Waals surface area contributed by atoms with Crippen molar-refractivity contribution in [2.75, 3.05) is 33.9 Å². The van der Waals surface area contributed by atoms with Crippen LogP contribution in [0.25, 0.3) is 0 Å². The van der Waals surface area contributed by atoms with Crippen molar-refractivity contribution in [3.05, 3.63) is 22.2 Å². The molecule has 0 amide bonds. The summed E-state index contributed by atoms with van der Waals surface area (Å²) in [4.78, 5) is 2.57. The Morgan fingerprint density at radius 1 is 1.24 bits per heavy atom. The van der Waals surface area contributed by atoms with Crippen LogP contribution in [-0.4, -0.2) is 44.8 Å². The molecule has 0 aliphatic carbocycles. The van der Waals surface area contributed by atoms with Crippen LogP contribution in [0.4, 0.5) is 0 Å². The van der Waals surface area contributed by atoms with E-state index in [9.17, 15) is 0 Å². The number of halogens is 1. The second-order valence-electron chi connectivity index (χ2n) is 5.94. The molecule has 0 aromatic heterocycles. The summed E-state index contributed by atoms with van der Waals surface area (Å²) in [5, 5.41) is 3.73. The number of hydrogen-bond acceptors (Lipinski definition) is 4. The summed E-state index contributed by atoms with van der Waals surface area (Å²) in [6, 6.07) is 4.78. The van der Waals surface area contributed by atoms with Gasteiger partial charge in [-0.1, -0.05) is 0 Å². The quantitative estimate of drug-likeness (QED) is 0.881. The molecule has 116 valence electrons. The number of fused-ring (bicyclic) bond motifs is 3. The second kappa shape index (κ2) is 6.55. The Morgan fingerprint density at radius 2 is 2.00 bits per heavy atom. The fraction of sp³-hybridized carbons (Fsp3) is 0.625. The number of ether oxygens (including phenoxy) is 2. The number of piperidine rings is 3. The van der Waals surface area contributed by atoms with Gasteiger partial charge in [0.25, 0.3) is 0 Å². The zero-order valence-corrected chi connectivity index (χ0v) is 14.3. The summed E-state index contributed by atoms with van der Waals surface area (Å²) in [7, 11) is 3.34. The predicted octanol–water partition coefficient (Wildman–Crippen LogP) is 2.65. The maximum atomic E-state index is 5.41.